The molecule has 0 aliphatic carbocycles. The summed E-state index contributed by atoms with van der Waals surface area (Å²) < 4.78 is 27.0. The van der Waals surface area contributed by atoms with Gasteiger partial charge in [-0.1, -0.05) is 35.9 Å². The van der Waals surface area contributed by atoms with E-state index < -0.39 is 10.0 Å². The Bertz CT molecular complexity index is 1200. The lowest BCUT2D eigenvalue weighted by atomic mass is 9.97. The number of sulfonamides is 1. The van der Waals surface area contributed by atoms with Crippen molar-refractivity contribution in [3.63, 3.8) is 0 Å². The average molecular weight is 477 g/mol. The minimum atomic E-state index is -3.74. The number of hydrogen-bond donors (Lipinski definition) is 1. The molecule has 3 heterocycles. The van der Waals surface area contributed by atoms with E-state index in [1.165, 1.54) is 34.0 Å². The number of rotatable bonds is 5. The van der Waals surface area contributed by atoms with E-state index in [4.69, 9.17) is 11.6 Å². The van der Waals surface area contributed by atoms with Crippen LogP contribution in [0, 0.1) is 12.8 Å². The third-order valence-electron chi connectivity index (χ3n) is 5.32. The van der Waals surface area contributed by atoms with E-state index in [1.54, 1.807) is 0 Å². The fourth-order valence-corrected chi connectivity index (χ4v) is 6.19. The molecule has 1 amide bonds. The Morgan fingerprint density at radius 2 is 1.94 bits per heavy atom. The number of hydrogen-bond acceptors (Lipinski definition) is 6. The van der Waals surface area contributed by atoms with Gasteiger partial charge in [0.05, 0.1) is 5.69 Å². The van der Waals surface area contributed by atoms with Crippen LogP contribution < -0.4 is 5.32 Å². The highest BCUT2D eigenvalue weighted by Crippen LogP contribution is 2.30. The SMILES string of the molecule is Cc1ccccc1-c1csc(NC(=O)C2CCN(S(=O)(=O)c3cccnc3Cl)CC2)n1. The molecule has 0 spiro atoms. The van der Waals surface area contributed by atoms with Crippen molar-refractivity contribution in [2.45, 2.75) is 24.7 Å². The second-order valence-electron chi connectivity index (χ2n) is 7.31. The lowest BCUT2D eigenvalue weighted by molar-refractivity contribution is -0.120. The molecule has 0 radical (unpaired) electrons. The number of piperidine rings is 1. The lowest BCUT2D eigenvalue weighted by Crippen LogP contribution is -2.41. The Balaban J connectivity index is 1.38. The van der Waals surface area contributed by atoms with Crippen LogP contribution in [0.4, 0.5) is 5.13 Å². The van der Waals surface area contributed by atoms with Gasteiger partial charge in [0.25, 0.3) is 0 Å². The number of amides is 1. The molecule has 1 aliphatic rings. The molecule has 1 N–H and O–H groups in total. The van der Waals surface area contributed by atoms with Crippen molar-refractivity contribution in [2.24, 2.45) is 5.92 Å². The first-order chi connectivity index (χ1) is 14.9. The molecule has 0 bridgehead atoms. The second kappa shape index (κ2) is 9.04. The van der Waals surface area contributed by atoms with Crippen molar-refractivity contribution in [1.29, 1.82) is 0 Å². The van der Waals surface area contributed by atoms with Crippen LogP contribution in [0.3, 0.4) is 0 Å². The van der Waals surface area contributed by atoms with Crippen LogP contribution in [0.15, 0.2) is 52.9 Å². The van der Waals surface area contributed by atoms with Crippen LogP contribution in [0.2, 0.25) is 5.15 Å². The first-order valence-electron chi connectivity index (χ1n) is 9.79. The number of nitrogens with zero attached hydrogens (tertiary/aromatic N) is 3. The van der Waals surface area contributed by atoms with Crippen molar-refractivity contribution < 1.29 is 13.2 Å². The Hall–Kier alpha value is -2.33. The van der Waals surface area contributed by atoms with Crippen molar-refractivity contribution in [1.82, 2.24) is 14.3 Å². The third kappa shape index (κ3) is 4.64. The highest BCUT2D eigenvalue weighted by Gasteiger charge is 2.33. The van der Waals surface area contributed by atoms with Crippen LogP contribution in [0.5, 0.6) is 0 Å². The van der Waals surface area contributed by atoms with Gasteiger partial charge in [-0.05, 0) is 37.5 Å². The number of aromatic nitrogens is 2. The highest BCUT2D eigenvalue weighted by atomic mass is 35.5. The van der Waals surface area contributed by atoms with Gasteiger partial charge < -0.3 is 5.32 Å². The van der Waals surface area contributed by atoms with Crippen molar-refractivity contribution >= 4 is 44.0 Å². The summed E-state index contributed by atoms with van der Waals surface area (Å²) in [5, 5.41) is 5.30. The fourth-order valence-electron chi connectivity index (χ4n) is 3.58. The maximum Gasteiger partial charge on any atom is 0.246 e. The molecule has 31 heavy (non-hydrogen) atoms. The average Bonchev–Trinajstić information content (AvgIpc) is 3.22. The van der Waals surface area contributed by atoms with Crippen LogP contribution in [-0.2, 0) is 14.8 Å². The van der Waals surface area contributed by atoms with E-state index in [2.05, 4.69) is 15.3 Å². The van der Waals surface area contributed by atoms with Gasteiger partial charge >= 0.3 is 0 Å². The third-order valence-corrected chi connectivity index (χ3v) is 8.42. The van der Waals surface area contributed by atoms with E-state index in [-0.39, 0.29) is 35.0 Å². The van der Waals surface area contributed by atoms with Gasteiger partial charge in [0.2, 0.25) is 15.9 Å². The quantitative estimate of drug-likeness (QED) is 0.557. The van der Waals surface area contributed by atoms with Gasteiger partial charge in [-0.3, -0.25) is 4.79 Å². The number of halogens is 1. The molecular weight excluding hydrogens is 456 g/mol. The Morgan fingerprint density at radius 3 is 2.65 bits per heavy atom. The lowest BCUT2D eigenvalue weighted by Gasteiger charge is -2.30. The molecule has 7 nitrogen and oxygen atoms in total. The molecule has 4 rings (SSSR count). The number of aryl methyl sites for hydroxylation is 1. The van der Waals surface area contributed by atoms with Crippen LogP contribution in [0.25, 0.3) is 11.3 Å². The van der Waals surface area contributed by atoms with E-state index in [9.17, 15) is 13.2 Å². The smallest absolute Gasteiger partial charge is 0.246 e. The minimum absolute atomic E-state index is 0.00825. The number of nitrogens with one attached hydrogen (secondary N) is 1. The summed E-state index contributed by atoms with van der Waals surface area (Å²) >= 11 is 7.34. The van der Waals surface area contributed by atoms with Crippen molar-refractivity contribution in [3.05, 3.63) is 58.7 Å². The monoisotopic (exact) mass is 476 g/mol. The van der Waals surface area contributed by atoms with Crippen LogP contribution in [0.1, 0.15) is 18.4 Å². The molecule has 1 aliphatic heterocycles. The maximum absolute atomic E-state index is 12.8. The minimum Gasteiger partial charge on any atom is -0.302 e. The summed E-state index contributed by atoms with van der Waals surface area (Å²) in [7, 11) is -3.74. The molecule has 2 aromatic heterocycles. The summed E-state index contributed by atoms with van der Waals surface area (Å²) in [5.41, 5.74) is 2.98. The zero-order valence-corrected chi connectivity index (χ0v) is 19.2. The zero-order chi connectivity index (χ0) is 22.0. The molecule has 10 heteroatoms. The number of benzene rings is 1. The topological polar surface area (TPSA) is 92.3 Å². The summed E-state index contributed by atoms with van der Waals surface area (Å²) in [5.74, 6) is -0.413. The first-order valence-corrected chi connectivity index (χ1v) is 12.5. The van der Waals surface area contributed by atoms with Gasteiger partial charge in [0.1, 0.15) is 10.0 Å². The molecule has 0 atom stereocenters. The molecule has 1 aromatic carbocycles. The maximum atomic E-state index is 12.8. The Labute approximate surface area is 190 Å². The van der Waals surface area contributed by atoms with Crippen molar-refractivity contribution in [3.8, 4) is 11.3 Å². The summed E-state index contributed by atoms with van der Waals surface area (Å²) in [4.78, 5) is 21.1. The molecule has 3 aromatic rings. The summed E-state index contributed by atoms with van der Waals surface area (Å²) in [6, 6.07) is 10.9. The van der Waals surface area contributed by atoms with Gasteiger partial charge in [0.15, 0.2) is 5.13 Å². The van der Waals surface area contributed by atoms with Gasteiger partial charge in [0, 0.05) is 36.1 Å². The Kier molecular flexibility index (Phi) is 6.38. The van der Waals surface area contributed by atoms with E-state index >= 15 is 0 Å². The predicted molar refractivity (Wildman–Crippen MR) is 122 cm³/mol. The second-order valence-corrected chi connectivity index (χ2v) is 10.4. The van der Waals surface area contributed by atoms with Gasteiger partial charge in [-0.25, -0.2) is 18.4 Å². The highest BCUT2D eigenvalue weighted by molar-refractivity contribution is 7.89. The Morgan fingerprint density at radius 1 is 1.19 bits per heavy atom. The van der Waals surface area contributed by atoms with Crippen LogP contribution >= 0.6 is 22.9 Å². The zero-order valence-electron chi connectivity index (χ0n) is 16.8. The number of carbonyl (C=O) groups is 1. The molecule has 0 saturated carbocycles. The summed E-state index contributed by atoms with van der Waals surface area (Å²) in [6.45, 7) is 2.52. The van der Waals surface area contributed by atoms with E-state index in [0.717, 1.165) is 16.8 Å². The van der Waals surface area contributed by atoms with E-state index in [0.29, 0.717) is 18.0 Å². The molecular formula is C21H21ClN4O3S2. The van der Waals surface area contributed by atoms with Crippen LogP contribution in [-0.4, -0.2) is 41.7 Å². The normalized spacial score (nSPS) is 15.7. The number of anilines is 1. The predicted octanol–water partition coefficient (Wildman–Crippen LogP) is 4.21. The number of thiazole rings is 1. The molecule has 1 fully saturated rings. The van der Waals surface area contributed by atoms with E-state index in [1.807, 2.05) is 36.6 Å². The molecule has 1 saturated heterocycles. The molecule has 0 unspecified atom stereocenters. The standard InChI is InChI=1S/C21H21ClN4O3S2/c1-14-5-2-3-6-16(14)17-13-30-21(24-17)25-20(27)15-8-11-26(12-9-15)31(28,29)18-7-4-10-23-19(18)22/h2-7,10,13,15H,8-9,11-12H2,1H3,(H,24,25,27). The van der Waals surface area contributed by atoms with Gasteiger partial charge in [-0.2, -0.15) is 4.31 Å². The number of carbonyl (C=O) groups excluding carboxylic acids is 1. The summed E-state index contributed by atoms with van der Waals surface area (Å²) in [6.07, 6.45) is 2.30. The molecule has 162 valence electrons. The first kappa shape index (κ1) is 21.9. The largest absolute Gasteiger partial charge is 0.302 e. The fraction of sp³-hybridized carbons (Fsp3) is 0.286. The number of pyridine rings is 1. The van der Waals surface area contributed by atoms with Crippen molar-refractivity contribution in [2.75, 3.05) is 18.4 Å². The van der Waals surface area contributed by atoms with Gasteiger partial charge in [-0.15, -0.1) is 11.3 Å².